The first-order valence-electron chi connectivity index (χ1n) is 5.32. The summed E-state index contributed by atoms with van der Waals surface area (Å²) in [6, 6.07) is 0. The number of aromatic nitrogens is 3. The van der Waals surface area contributed by atoms with Gasteiger partial charge in [0, 0.05) is 19.2 Å². The third kappa shape index (κ3) is 2.17. The number of nitrogens with zero attached hydrogens (tertiary/aromatic N) is 4. The van der Waals surface area contributed by atoms with Crippen molar-refractivity contribution in [3.63, 3.8) is 0 Å². The van der Waals surface area contributed by atoms with E-state index in [4.69, 9.17) is 4.52 Å². The highest BCUT2D eigenvalue weighted by Crippen LogP contribution is 2.23. The topological polar surface area (TPSA) is 99.0 Å². The first-order valence-corrected chi connectivity index (χ1v) is 5.32. The molecule has 1 N–H and O–H groups in total. The lowest BCUT2D eigenvalue weighted by Gasteiger charge is -2.01. The summed E-state index contributed by atoms with van der Waals surface area (Å²) < 4.78 is 6.41. The van der Waals surface area contributed by atoms with Crippen LogP contribution in [0.15, 0.2) is 10.7 Å². The standard InChI is InChI=1S/C10H13N5O3/c1-6-8(7(2)18-13-6)4-11-10-9(15(16)17)5-14(3)12-10/h5H,4H2,1-3H3,(H,11,12). The molecule has 18 heavy (non-hydrogen) atoms. The molecule has 0 atom stereocenters. The Hall–Kier alpha value is -2.38. The Labute approximate surface area is 103 Å². The molecule has 0 saturated carbocycles. The third-order valence-corrected chi connectivity index (χ3v) is 2.62. The first kappa shape index (κ1) is 12.1. The molecule has 0 spiro atoms. The van der Waals surface area contributed by atoms with Crippen LogP contribution in [0.2, 0.25) is 0 Å². The lowest BCUT2D eigenvalue weighted by molar-refractivity contribution is -0.384. The molecule has 0 aromatic carbocycles. The van der Waals surface area contributed by atoms with E-state index < -0.39 is 4.92 Å². The van der Waals surface area contributed by atoms with Gasteiger partial charge in [0.1, 0.15) is 12.0 Å². The van der Waals surface area contributed by atoms with Crippen molar-refractivity contribution in [3.8, 4) is 0 Å². The van der Waals surface area contributed by atoms with E-state index in [-0.39, 0.29) is 11.5 Å². The average molecular weight is 251 g/mol. The van der Waals surface area contributed by atoms with Gasteiger partial charge in [0.2, 0.25) is 5.82 Å². The van der Waals surface area contributed by atoms with E-state index in [1.807, 2.05) is 6.92 Å². The van der Waals surface area contributed by atoms with Crippen molar-refractivity contribution in [1.29, 1.82) is 0 Å². The normalized spacial score (nSPS) is 10.6. The number of anilines is 1. The van der Waals surface area contributed by atoms with E-state index in [9.17, 15) is 10.1 Å². The van der Waals surface area contributed by atoms with Crippen molar-refractivity contribution >= 4 is 11.5 Å². The molecule has 0 fully saturated rings. The fourth-order valence-electron chi connectivity index (χ4n) is 1.66. The van der Waals surface area contributed by atoms with Crippen LogP contribution in [0.3, 0.4) is 0 Å². The summed E-state index contributed by atoms with van der Waals surface area (Å²) >= 11 is 0. The van der Waals surface area contributed by atoms with Gasteiger partial charge in [-0.05, 0) is 13.8 Å². The summed E-state index contributed by atoms with van der Waals surface area (Å²) in [7, 11) is 1.63. The molecule has 0 aliphatic heterocycles. The number of nitrogens with one attached hydrogen (secondary N) is 1. The van der Waals surface area contributed by atoms with Crippen LogP contribution >= 0.6 is 0 Å². The quantitative estimate of drug-likeness (QED) is 0.653. The largest absolute Gasteiger partial charge is 0.361 e. The van der Waals surface area contributed by atoms with Crippen molar-refractivity contribution in [2.24, 2.45) is 7.05 Å². The van der Waals surface area contributed by atoms with Gasteiger partial charge in [0.25, 0.3) is 0 Å². The maximum atomic E-state index is 10.8. The van der Waals surface area contributed by atoms with Gasteiger partial charge in [-0.15, -0.1) is 5.10 Å². The number of hydrogen-bond donors (Lipinski definition) is 1. The second kappa shape index (κ2) is 4.47. The summed E-state index contributed by atoms with van der Waals surface area (Å²) in [6.07, 6.45) is 1.36. The Morgan fingerprint density at radius 3 is 2.83 bits per heavy atom. The predicted octanol–water partition coefficient (Wildman–Crippen LogP) is 1.55. The van der Waals surface area contributed by atoms with E-state index in [0.717, 1.165) is 11.3 Å². The molecule has 0 saturated heterocycles. The Balaban J connectivity index is 2.18. The molecule has 2 aromatic heterocycles. The van der Waals surface area contributed by atoms with E-state index in [2.05, 4.69) is 15.6 Å². The molecule has 0 aliphatic carbocycles. The fraction of sp³-hybridized carbons (Fsp3) is 0.400. The van der Waals surface area contributed by atoms with Crippen LogP contribution in [0.4, 0.5) is 11.5 Å². The second-order valence-electron chi connectivity index (χ2n) is 3.95. The molecule has 0 bridgehead atoms. The lowest BCUT2D eigenvalue weighted by atomic mass is 10.2. The molecule has 2 heterocycles. The van der Waals surface area contributed by atoms with Gasteiger partial charge in [-0.3, -0.25) is 14.8 Å². The Kier molecular flexibility index (Phi) is 3.00. The molecular weight excluding hydrogens is 238 g/mol. The van der Waals surface area contributed by atoms with Gasteiger partial charge in [0.05, 0.1) is 10.6 Å². The minimum atomic E-state index is -0.470. The van der Waals surface area contributed by atoms with Crippen LogP contribution in [0.1, 0.15) is 17.0 Å². The number of rotatable bonds is 4. The van der Waals surface area contributed by atoms with Crippen LogP contribution in [0.25, 0.3) is 0 Å². The van der Waals surface area contributed by atoms with Crippen molar-refractivity contribution in [2.45, 2.75) is 20.4 Å². The van der Waals surface area contributed by atoms with Gasteiger partial charge in [-0.2, -0.15) is 0 Å². The SMILES string of the molecule is Cc1noc(C)c1CNc1nn(C)cc1[N+](=O)[O-]. The van der Waals surface area contributed by atoms with Crippen LogP contribution in [0, 0.1) is 24.0 Å². The molecule has 0 radical (unpaired) electrons. The van der Waals surface area contributed by atoms with Crippen LogP contribution < -0.4 is 5.32 Å². The molecule has 96 valence electrons. The van der Waals surface area contributed by atoms with Crippen molar-refractivity contribution in [2.75, 3.05) is 5.32 Å². The minimum absolute atomic E-state index is 0.0516. The summed E-state index contributed by atoms with van der Waals surface area (Å²) in [5.41, 5.74) is 1.60. The maximum Gasteiger partial charge on any atom is 0.330 e. The van der Waals surface area contributed by atoms with Gasteiger partial charge in [-0.25, -0.2) is 0 Å². The fourth-order valence-corrected chi connectivity index (χ4v) is 1.66. The maximum absolute atomic E-state index is 10.8. The molecule has 0 unspecified atom stereocenters. The molecule has 8 nitrogen and oxygen atoms in total. The van der Waals surface area contributed by atoms with Gasteiger partial charge < -0.3 is 9.84 Å². The Morgan fingerprint density at radius 1 is 1.56 bits per heavy atom. The van der Waals surface area contributed by atoms with E-state index in [1.54, 1.807) is 14.0 Å². The highest BCUT2D eigenvalue weighted by atomic mass is 16.6. The first-order chi connectivity index (χ1) is 8.49. The Morgan fingerprint density at radius 2 is 2.28 bits per heavy atom. The molecular formula is C10H13N5O3. The second-order valence-corrected chi connectivity index (χ2v) is 3.95. The summed E-state index contributed by atoms with van der Waals surface area (Å²) in [6.45, 7) is 4.00. The smallest absolute Gasteiger partial charge is 0.330 e. The molecule has 2 aromatic rings. The van der Waals surface area contributed by atoms with Crippen molar-refractivity contribution in [3.05, 3.63) is 33.3 Å². The van der Waals surface area contributed by atoms with Gasteiger partial charge in [-0.1, -0.05) is 5.16 Å². The van der Waals surface area contributed by atoms with Crippen LogP contribution in [-0.4, -0.2) is 19.9 Å². The zero-order valence-corrected chi connectivity index (χ0v) is 10.3. The van der Waals surface area contributed by atoms with Gasteiger partial charge in [0.15, 0.2) is 0 Å². The van der Waals surface area contributed by atoms with Crippen LogP contribution in [0.5, 0.6) is 0 Å². The molecule has 8 heteroatoms. The molecule has 0 aliphatic rings. The number of aryl methyl sites for hydroxylation is 3. The van der Waals surface area contributed by atoms with Crippen molar-refractivity contribution in [1.82, 2.24) is 14.9 Å². The van der Waals surface area contributed by atoms with Gasteiger partial charge >= 0.3 is 5.69 Å². The Bertz CT molecular complexity index is 567. The number of hydrogen-bond acceptors (Lipinski definition) is 6. The summed E-state index contributed by atoms with van der Waals surface area (Å²) in [5, 5.41) is 21.6. The van der Waals surface area contributed by atoms with E-state index in [1.165, 1.54) is 10.9 Å². The monoisotopic (exact) mass is 251 g/mol. The minimum Gasteiger partial charge on any atom is -0.361 e. The predicted molar refractivity (Wildman–Crippen MR) is 63.2 cm³/mol. The van der Waals surface area contributed by atoms with Crippen LogP contribution in [-0.2, 0) is 13.6 Å². The highest BCUT2D eigenvalue weighted by Gasteiger charge is 2.19. The summed E-state index contributed by atoms with van der Waals surface area (Å²) in [4.78, 5) is 10.3. The van der Waals surface area contributed by atoms with Crippen molar-refractivity contribution < 1.29 is 9.45 Å². The molecule has 2 rings (SSSR count). The summed E-state index contributed by atoms with van der Waals surface area (Å²) in [5.74, 6) is 0.932. The lowest BCUT2D eigenvalue weighted by Crippen LogP contribution is -2.04. The zero-order valence-electron chi connectivity index (χ0n) is 10.3. The average Bonchev–Trinajstić information content (AvgIpc) is 2.81. The van der Waals surface area contributed by atoms with E-state index in [0.29, 0.717) is 12.3 Å². The highest BCUT2D eigenvalue weighted by molar-refractivity contribution is 5.54. The number of nitro groups is 1. The zero-order chi connectivity index (χ0) is 13.3. The molecule has 0 amide bonds. The van der Waals surface area contributed by atoms with E-state index >= 15 is 0 Å². The third-order valence-electron chi connectivity index (χ3n) is 2.62.